The fourth-order valence-corrected chi connectivity index (χ4v) is 2.49. The molecule has 0 radical (unpaired) electrons. The van der Waals surface area contributed by atoms with Gasteiger partial charge in [0.25, 0.3) is 5.91 Å². The van der Waals surface area contributed by atoms with Crippen LogP contribution in [0.15, 0.2) is 54.9 Å². The summed E-state index contributed by atoms with van der Waals surface area (Å²) in [5, 5.41) is 3.97. The van der Waals surface area contributed by atoms with Crippen molar-refractivity contribution in [1.82, 2.24) is 15.3 Å². The van der Waals surface area contributed by atoms with E-state index in [1.54, 1.807) is 6.20 Å². The van der Waals surface area contributed by atoms with Gasteiger partial charge in [0.15, 0.2) is 0 Å². The molecule has 2 N–H and O–H groups in total. The average Bonchev–Trinajstić information content (AvgIpc) is 2.96. The summed E-state index contributed by atoms with van der Waals surface area (Å²) in [6.07, 6.45) is 5.53. The molecule has 23 heavy (non-hydrogen) atoms. The Morgan fingerprint density at radius 2 is 1.96 bits per heavy atom. The number of fused-ring (bicyclic) bond motifs is 1. The van der Waals surface area contributed by atoms with Crippen LogP contribution in [0.5, 0.6) is 0 Å². The van der Waals surface area contributed by atoms with Gasteiger partial charge < -0.3 is 10.3 Å². The van der Waals surface area contributed by atoms with Gasteiger partial charge in [-0.05, 0) is 37.6 Å². The Hall–Kier alpha value is -2.88. The highest BCUT2D eigenvalue weighted by Gasteiger charge is 2.14. The normalized spacial score (nSPS) is 11.9. The summed E-state index contributed by atoms with van der Waals surface area (Å²) >= 11 is 0. The zero-order valence-electron chi connectivity index (χ0n) is 13.2. The maximum absolute atomic E-state index is 12.6. The largest absolute Gasteiger partial charge is 0.350 e. The van der Waals surface area contributed by atoms with E-state index in [-0.39, 0.29) is 11.9 Å². The summed E-state index contributed by atoms with van der Waals surface area (Å²) in [6, 6.07) is 13.7. The lowest BCUT2D eigenvalue weighted by Gasteiger charge is -2.12. The SMILES string of the molecule is CC(C)NC(=O)C(=Cc1c[nH]c2ncccc12)c1ccccc1. The first-order valence-corrected chi connectivity index (χ1v) is 7.65. The van der Waals surface area contributed by atoms with Crippen molar-refractivity contribution in [2.24, 2.45) is 0 Å². The van der Waals surface area contributed by atoms with Gasteiger partial charge in [-0.3, -0.25) is 4.79 Å². The Bertz CT molecular complexity index is 847. The van der Waals surface area contributed by atoms with Gasteiger partial charge >= 0.3 is 0 Å². The molecule has 4 nitrogen and oxygen atoms in total. The number of aromatic nitrogens is 2. The molecule has 2 aromatic heterocycles. The van der Waals surface area contributed by atoms with E-state index in [1.807, 2.05) is 68.6 Å². The Morgan fingerprint density at radius 1 is 1.17 bits per heavy atom. The van der Waals surface area contributed by atoms with Crippen LogP contribution in [0.3, 0.4) is 0 Å². The second kappa shape index (κ2) is 6.48. The van der Waals surface area contributed by atoms with E-state index < -0.39 is 0 Å². The second-order valence-corrected chi connectivity index (χ2v) is 5.70. The third-order valence-electron chi connectivity index (χ3n) is 3.53. The summed E-state index contributed by atoms with van der Waals surface area (Å²) in [7, 11) is 0. The Balaban J connectivity index is 2.09. The number of carbonyl (C=O) groups excluding carboxylic acids is 1. The van der Waals surface area contributed by atoms with E-state index in [4.69, 9.17) is 0 Å². The van der Waals surface area contributed by atoms with Gasteiger partial charge in [0.1, 0.15) is 5.65 Å². The number of hydrogen-bond acceptors (Lipinski definition) is 2. The van der Waals surface area contributed by atoms with E-state index in [0.717, 1.165) is 22.2 Å². The van der Waals surface area contributed by atoms with Crippen molar-refractivity contribution in [3.63, 3.8) is 0 Å². The van der Waals surface area contributed by atoms with Crippen LogP contribution in [0.2, 0.25) is 0 Å². The highest BCUT2D eigenvalue weighted by Crippen LogP contribution is 2.23. The zero-order chi connectivity index (χ0) is 16.2. The second-order valence-electron chi connectivity index (χ2n) is 5.70. The van der Waals surface area contributed by atoms with Crippen LogP contribution in [-0.2, 0) is 4.79 Å². The van der Waals surface area contributed by atoms with E-state index in [0.29, 0.717) is 5.57 Å². The standard InChI is InChI=1S/C19H19N3O/c1-13(2)22-19(23)17(14-7-4-3-5-8-14)11-15-12-21-18-16(15)9-6-10-20-18/h3-13H,1-2H3,(H,20,21)(H,22,23). The fourth-order valence-electron chi connectivity index (χ4n) is 2.49. The molecule has 2 heterocycles. The van der Waals surface area contributed by atoms with Gasteiger partial charge in [-0.2, -0.15) is 0 Å². The van der Waals surface area contributed by atoms with Crippen molar-refractivity contribution >= 4 is 28.6 Å². The van der Waals surface area contributed by atoms with Crippen LogP contribution in [0.1, 0.15) is 25.0 Å². The van der Waals surface area contributed by atoms with Crippen molar-refractivity contribution in [2.75, 3.05) is 0 Å². The molecule has 0 aliphatic rings. The van der Waals surface area contributed by atoms with Gasteiger partial charge in [0.2, 0.25) is 0 Å². The van der Waals surface area contributed by atoms with Crippen molar-refractivity contribution in [3.05, 3.63) is 66.0 Å². The molecule has 1 amide bonds. The third kappa shape index (κ3) is 3.31. The first-order chi connectivity index (χ1) is 11.1. The molecule has 0 saturated heterocycles. The Labute approximate surface area is 135 Å². The lowest BCUT2D eigenvalue weighted by molar-refractivity contribution is -0.116. The molecule has 0 aliphatic heterocycles. The van der Waals surface area contributed by atoms with Gasteiger partial charge in [-0.15, -0.1) is 0 Å². The van der Waals surface area contributed by atoms with Crippen LogP contribution >= 0.6 is 0 Å². The summed E-state index contributed by atoms with van der Waals surface area (Å²) in [6.45, 7) is 3.91. The predicted molar refractivity (Wildman–Crippen MR) is 93.7 cm³/mol. The maximum atomic E-state index is 12.6. The van der Waals surface area contributed by atoms with Crippen LogP contribution in [0.4, 0.5) is 0 Å². The van der Waals surface area contributed by atoms with Gasteiger partial charge in [0.05, 0.1) is 0 Å². The maximum Gasteiger partial charge on any atom is 0.252 e. The van der Waals surface area contributed by atoms with Crippen LogP contribution in [-0.4, -0.2) is 21.9 Å². The molecule has 0 atom stereocenters. The minimum Gasteiger partial charge on any atom is -0.350 e. The quantitative estimate of drug-likeness (QED) is 0.723. The minimum atomic E-state index is -0.0792. The average molecular weight is 305 g/mol. The first-order valence-electron chi connectivity index (χ1n) is 7.65. The summed E-state index contributed by atoms with van der Waals surface area (Å²) < 4.78 is 0. The molecular formula is C19H19N3O. The van der Waals surface area contributed by atoms with E-state index >= 15 is 0 Å². The lowest BCUT2D eigenvalue weighted by atomic mass is 10.0. The molecular weight excluding hydrogens is 286 g/mol. The number of amides is 1. The van der Waals surface area contributed by atoms with Crippen LogP contribution in [0.25, 0.3) is 22.7 Å². The number of hydrogen-bond donors (Lipinski definition) is 2. The molecule has 0 spiro atoms. The van der Waals surface area contributed by atoms with Gasteiger partial charge in [0, 0.05) is 35.0 Å². The summed E-state index contributed by atoms with van der Waals surface area (Å²) in [5.74, 6) is -0.0792. The molecule has 3 rings (SSSR count). The number of nitrogens with one attached hydrogen (secondary N) is 2. The monoisotopic (exact) mass is 305 g/mol. The Morgan fingerprint density at radius 3 is 2.70 bits per heavy atom. The molecule has 0 aliphatic carbocycles. The number of carbonyl (C=O) groups is 1. The highest BCUT2D eigenvalue weighted by molar-refractivity contribution is 6.25. The number of pyridine rings is 1. The molecule has 0 fully saturated rings. The third-order valence-corrected chi connectivity index (χ3v) is 3.53. The van der Waals surface area contributed by atoms with Gasteiger partial charge in [-0.25, -0.2) is 4.98 Å². The molecule has 3 aromatic rings. The highest BCUT2D eigenvalue weighted by atomic mass is 16.1. The van der Waals surface area contributed by atoms with E-state index in [2.05, 4.69) is 15.3 Å². The van der Waals surface area contributed by atoms with Crippen LogP contribution < -0.4 is 5.32 Å². The topological polar surface area (TPSA) is 57.8 Å². The van der Waals surface area contributed by atoms with Crippen molar-refractivity contribution < 1.29 is 4.79 Å². The number of rotatable bonds is 4. The molecule has 0 unspecified atom stereocenters. The molecule has 1 aromatic carbocycles. The fraction of sp³-hybridized carbons (Fsp3) is 0.158. The number of H-pyrrole nitrogens is 1. The van der Waals surface area contributed by atoms with E-state index in [1.165, 1.54) is 0 Å². The Kier molecular flexibility index (Phi) is 4.24. The van der Waals surface area contributed by atoms with Crippen molar-refractivity contribution in [2.45, 2.75) is 19.9 Å². The van der Waals surface area contributed by atoms with Gasteiger partial charge in [-0.1, -0.05) is 30.3 Å². The lowest BCUT2D eigenvalue weighted by Crippen LogP contribution is -2.30. The zero-order valence-corrected chi connectivity index (χ0v) is 13.2. The predicted octanol–water partition coefficient (Wildman–Crippen LogP) is 3.63. The molecule has 0 saturated carbocycles. The van der Waals surface area contributed by atoms with Crippen molar-refractivity contribution in [1.29, 1.82) is 0 Å². The van der Waals surface area contributed by atoms with Crippen LogP contribution in [0, 0.1) is 0 Å². The smallest absolute Gasteiger partial charge is 0.252 e. The molecule has 116 valence electrons. The minimum absolute atomic E-state index is 0.0792. The number of nitrogens with zero attached hydrogens (tertiary/aromatic N) is 1. The summed E-state index contributed by atoms with van der Waals surface area (Å²) in [4.78, 5) is 20.0. The number of benzene rings is 1. The first kappa shape index (κ1) is 15.0. The molecule has 4 heteroatoms. The number of aromatic amines is 1. The summed E-state index contributed by atoms with van der Waals surface area (Å²) in [5.41, 5.74) is 3.30. The molecule has 0 bridgehead atoms. The van der Waals surface area contributed by atoms with E-state index in [9.17, 15) is 4.79 Å². The van der Waals surface area contributed by atoms with Crippen molar-refractivity contribution in [3.8, 4) is 0 Å².